The summed E-state index contributed by atoms with van der Waals surface area (Å²) in [7, 11) is 0. The molecular formula is C15H19BrN4O2. The summed E-state index contributed by atoms with van der Waals surface area (Å²) >= 11 is 3.43. The van der Waals surface area contributed by atoms with Crippen molar-refractivity contribution in [2.45, 2.75) is 38.5 Å². The van der Waals surface area contributed by atoms with E-state index < -0.39 is 5.60 Å². The van der Waals surface area contributed by atoms with Gasteiger partial charge in [0.25, 0.3) is 0 Å². The average molecular weight is 367 g/mol. The number of ether oxygens (including phenoxy) is 1. The molecular weight excluding hydrogens is 348 g/mol. The molecule has 0 saturated carbocycles. The molecule has 22 heavy (non-hydrogen) atoms. The number of carbonyl (C=O) groups excluding carboxylic acids is 1. The Kier molecular flexibility index (Phi) is 3.84. The number of likely N-dealkylation sites (tertiary alicyclic amines) is 1. The van der Waals surface area contributed by atoms with Gasteiger partial charge in [0.15, 0.2) is 0 Å². The number of amidine groups is 1. The van der Waals surface area contributed by atoms with Crippen LogP contribution >= 0.6 is 15.9 Å². The highest BCUT2D eigenvalue weighted by molar-refractivity contribution is 9.10. The number of hydrogen-bond acceptors (Lipinski definition) is 5. The standard InChI is InChI=1S/C15H19BrN4O2/c1-15(2,3)22-14(21)20-7-11-12(8-20)19-13(18-11)10-6-9(16)4-5-17-10/h4-6,11-12H,7-8H2,1-3H3,(H,18,19). The molecule has 6 nitrogen and oxygen atoms in total. The number of fused-ring (bicyclic) bond motifs is 1. The summed E-state index contributed by atoms with van der Waals surface area (Å²) in [5.41, 5.74) is 0.337. The predicted molar refractivity (Wildman–Crippen MR) is 87.0 cm³/mol. The van der Waals surface area contributed by atoms with E-state index in [2.05, 4.69) is 31.2 Å². The number of pyridine rings is 1. The minimum absolute atomic E-state index is 0.0586. The van der Waals surface area contributed by atoms with Gasteiger partial charge in [-0.1, -0.05) is 15.9 Å². The number of halogens is 1. The van der Waals surface area contributed by atoms with Crippen molar-refractivity contribution in [3.63, 3.8) is 0 Å². The molecule has 1 amide bonds. The Labute approximate surface area is 138 Å². The van der Waals surface area contributed by atoms with Crippen molar-refractivity contribution in [3.8, 4) is 0 Å². The molecule has 3 heterocycles. The third-order valence-electron chi connectivity index (χ3n) is 3.52. The van der Waals surface area contributed by atoms with Crippen LogP contribution in [0.2, 0.25) is 0 Å². The van der Waals surface area contributed by atoms with E-state index in [9.17, 15) is 4.79 Å². The molecule has 0 aromatic carbocycles. The fraction of sp³-hybridized carbons (Fsp3) is 0.533. The van der Waals surface area contributed by atoms with Crippen LogP contribution in [0, 0.1) is 0 Å². The molecule has 1 fully saturated rings. The quantitative estimate of drug-likeness (QED) is 0.826. The van der Waals surface area contributed by atoms with Gasteiger partial charge in [-0.25, -0.2) is 4.79 Å². The maximum Gasteiger partial charge on any atom is 0.410 e. The van der Waals surface area contributed by atoms with Gasteiger partial charge in [0.2, 0.25) is 0 Å². The number of hydrogen-bond donors (Lipinski definition) is 1. The van der Waals surface area contributed by atoms with Crippen LogP contribution in [0.3, 0.4) is 0 Å². The van der Waals surface area contributed by atoms with Gasteiger partial charge >= 0.3 is 6.09 Å². The summed E-state index contributed by atoms with van der Waals surface area (Å²) in [5, 5.41) is 3.36. The highest BCUT2D eigenvalue weighted by atomic mass is 79.9. The van der Waals surface area contributed by atoms with Crippen LogP contribution in [0.1, 0.15) is 26.5 Å². The molecule has 1 saturated heterocycles. The molecule has 3 rings (SSSR count). The Morgan fingerprint density at radius 2 is 2.23 bits per heavy atom. The fourth-order valence-corrected chi connectivity index (χ4v) is 2.92. The summed E-state index contributed by atoms with van der Waals surface area (Å²) < 4.78 is 6.37. The molecule has 0 bridgehead atoms. The molecule has 0 spiro atoms. The molecule has 2 aliphatic heterocycles. The van der Waals surface area contributed by atoms with Gasteiger partial charge in [-0.2, -0.15) is 0 Å². The monoisotopic (exact) mass is 366 g/mol. The Hall–Kier alpha value is -1.63. The lowest BCUT2D eigenvalue weighted by molar-refractivity contribution is 0.0289. The van der Waals surface area contributed by atoms with Gasteiger partial charge in [0, 0.05) is 23.8 Å². The molecule has 7 heteroatoms. The zero-order valence-electron chi connectivity index (χ0n) is 12.8. The number of aliphatic imine (C=N–C) groups is 1. The summed E-state index contributed by atoms with van der Waals surface area (Å²) in [6.07, 6.45) is 1.46. The fourth-order valence-electron chi connectivity index (χ4n) is 2.59. The third kappa shape index (κ3) is 3.24. The van der Waals surface area contributed by atoms with Crippen molar-refractivity contribution in [2.75, 3.05) is 13.1 Å². The molecule has 2 unspecified atom stereocenters. The van der Waals surface area contributed by atoms with E-state index in [4.69, 9.17) is 4.74 Å². The van der Waals surface area contributed by atoms with Crippen molar-refractivity contribution >= 4 is 27.9 Å². The maximum absolute atomic E-state index is 12.1. The number of amides is 1. The van der Waals surface area contributed by atoms with E-state index >= 15 is 0 Å². The van der Waals surface area contributed by atoms with Crippen LogP contribution in [0.4, 0.5) is 4.79 Å². The molecule has 0 radical (unpaired) electrons. The summed E-state index contributed by atoms with van der Waals surface area (Å²) in [5.74, 6) is 0.792. The normalized spacial score (nSPS) is 23.8. The number of nitrogens with one attached hydrogen (secondary N) is 1. The predicted octanol–water partition coefficient (Wildman–Crippen LogP) is 2.18. The Balaban J connectivity index is 1.67. The second-order valence-electron chi connectivity index (χ2n) is 6.54. The van der Waals surface area contributed by atoms with Gasteiger partial charge < -0.3 is 15.0 Å². The zero-order valence-corrected chi connectivity index (χ0v) is 14.4. The van der Waals surface area contributed by atoms with Crippen molar-refractivity contribution < 1.29 is 9.53 Å². The molecule has 1 aromatic rings. The highest BCUT2D eigenvalue weighted by Gasteiger charge is 2.41. The topological polar surface area (TPSA) is 66.8 Å². The van der Waals surface area contributed by atoms with Crippen LogP contribution in [0.15, 0.2) is 27.8 Å². The van der Waals surface area contributed by atoms with Gasteiger partial charge in [-0.15, -0.1) is 0 Å². The zero-order chi connectivity index (χ0) is 15.9. The Morgan fingerprint density at radius 3 is 2.86 bits per heavy atom. The van der Waals surface area contributed by atoms with Crippen molar-refractivity contribution in [3.05, 3.63) is 28.5 Å². The average Bonchev–Trinajstić information content (AvgIpc) is 2.94. The smallest absolute Gasteiger partial charge is 0.410 e. The highest BCUT2D eigenvalue weighted by Crippen LogP contribution is 2.22. The number of carbonyl (C=O) groups is 1. The SMILES string of the molecule is CC(C)(C)OC(=O)N1CC2N=C(c3cc(Br)ccn3)NC2C1. The molecule has 2 atom stereocenters. The van der Waals surface area contributed by atoms with Crippen LogP contribution in [-0.2, 0) is 4.74 Å². The van der Waals surface area contributed by atoms with Gasteiger partial charge in [0.05, 0.1) is 12.1 Å². The summed E-state index contributed by atoms with van der Waals surface area (Å²) in [6, 6.07) is 3.99. The molecule has 2 aliphatic rings. The largest absolute Gasteiger partial charge is 0.444 e. The van der Waals surface area contributed by atoms with Crippen molar-refractivity contribution in [1.82, 2.24) is 15.2 Å². The number of nitrogens with zero attached hydrogens (tertiary/aromatic N) is 3. The molecule has 1 aromatic heterocycles. The molecule has 1 N–H and O–H groups in total. The summed E-state index contributed by atoms with van der Waals surface area (Å²) in [6.45, 7) is 6.78. The first-order valence-electron chi connectivity index (χ1n) is 7.26. The van der Waals surface area contributed by atoms with Crippen LogP contribution in [0.25, 0.3) is 0 Å². The van der Waals surface area contributed by atoms with E-state index in [1.54, 1.807) is 11.1 Å². The first-order valence-corrected chi connectivity index (χ1v) is 8.05. The van der Waals surface area contributed by atoms with Gasteiger partial charge in [-0.05, 0) is 32.9 Å². The van der Waals surface area contributed by atoms with Gasteiger partial charge in [0.1, 0.15) is 17.1 Å². The number of rotatable bonds is 1. The van der Waals surface area contributed by atoms with E-state index in [1.165, 1.54) is 0 Å². The lowest BCUT2D eigenvalue weighted by Crippen LogP contribution is -2.39. The van der Waals surface area contributed by atoms with Crippen molar-refractivity contribution in [2.24, 2.45) is 4.99 Å². The lowest BCUT2D eigenvalue weighted by atomic mass is 10.2. The Morgan fingerprint density at radius 1 is 1.45 bits per heavy atom. The first kappa shape index (κ1) is 15.3. The molecule has 0 aliphatic carbocycles. The van der Waals surface area contributed by atoms with E-state index in [0.29, 0.717) is 13.1 Å². The lowest BCUT2D eigenvalue weighted by Gasteiger charge is -2.24. The first-order chi connectivity index (χ1) is 10.3. The Bertz CT molecular complexity index is 626. The summed E-state index contributed by atoms with van der Waals surface area (Å²) in [4.78, 5) is 22.8. The number of aromatic nitrogens is 1. The van der Waals surface area contributed by atoms with E-state index in [-0.39, 0.29) is 18.2 Å². The van der Waals surface area contributed by atoms with Crippen LogP contribution < -0.4 is 5.32 Å². The van der Waals surface area contributed by atoms with E-state index in [0.717, 1.165) is 16.0 Å². The van der Waals surface area contributed by atoms with Crippen LogP contribution in [-0.4, -0.2) is 52.6 Å². The minimum Gasteiger partial charge on any atom is -0.444 e. The second-order valence-corrected chi connectivity index (χ2v) is 7.46. The maximum atomic E-state index is 12.1. The van der Waals surface area contributed by atoms with Gasteiger partial charge in [-0.3, -0.25) is 9.98 Å². The molecule has 118 valence electrons. The second kappa shape index (κ2) is 5.53. The van der Waals surface area contributed by atoms with E-state index in [1.807, 2.05) is 32.9 Å². The third-order valence-corrected chi connectivity index (χ3v) is 4.02. The van der Waals surface area contributed by atoms with Crippen LogP contribution in [0.5, 0.6) is 0 Å². The minimum atomic E-state index is -0.475. The van der Waals surface area contributed by atoms with Crippen molar-refractivity contribution in [1.29, 1.82) is 0 Å².